The summed E-state index contributed by atoms with van der Waals surface area (Å²) < 4.78 is 14.2. The summed E-state index contributed by atoms with van der Waals surface area (Å²) in [5.41, 5.74) is 2.04. The Morgan fingerprint density at radius 2 is 1.71 bits per heavy atom. The van der Waals surface area contributed by atoms with Gasteiger partial charge in [-0.2, -0.15) is 0 Å². The lowest BCUT2D eigenvalue weighted by atomic mass is 10.0. The van der Waals surface area contributed by atoms with Gasteiger partial charge in [-0.25, -0.2) is 4.39 Å². The molecule has 0 aliphatic heterocycles. The van der Waals surface area contributed by atoms with Crippen LogP contribution in [0.2, 0.25) is 5.02 Å². The van der Waals surface area contributed by atoms with Gasteiger partial charge in [0.1, 0.15) is 5.82 Å². The minimum Gasteiger partial charge on any atom is -0.389 e. The van der Waals surface area contributed by atoms with E-state index < -0.39 is 6.10 Å². The van der Waals surface area contributed by atoms with Gasteiger partial charge in [-0.15, -0.1) is 0 Å². The lowest BCUT2D eigenvalue weighted by Crippen LogP contribution is -2.24. The predicted octanol–water partition coefficient (Wildman–Crippen LogP) is 4.73. The molecule has 0 spiro atoms. The van der Waals surface area contributed by atoms with Gasteiger partial charge in [0.25, 0.3) is 0 Å². The number of hydrogen-bond donors (Lipinski definition) is 1. The van der Waals surface area contributed by atoms with Gasteiger partial charge >= 0.3 is 0 Å². The summed E-state index contributed by atoms with van der Waals surface area (Å²) in [5.74, 6) is -0.336. The number of halogens is 2. The molecule has 0 aliphatic carbocycles. The van der Waals surface area contributed by atoms with E-state index in [4.69, 9.17) is 11.6 Å². The molecule has 0 saturated carbocycles. The third kappa shape index (κ3) is 3.36. The summed E-state index contributed by atoms with van der Waals surface area (Å²) >= 11 is 5.90. The van der Waals surface area contributed by atoms with Gasteiger partial charge in [0.2, 0.25) is 0 Å². The molecule has 0 radical (unpaired) electrons. The molecule has 1 unspecified atom stereocenters. The Morgan fingerprint density at radius 3 is 2.29 bits per heavy atom. The van der Waals surface area contributed by atoms with Crippen LogP contribution in [-0.4, -0.2) is 12.2 Å². The topological polar surface area (TPSA) is 23.5 Å². The predicted molar refractivity (Wildman–Crippen MR) is 85.3 cm³/mol. The second kappa shape index (κ2) is 6.46. The first-order chi connectivity index (χ1) is 9.91. The molecule has 0 aliphatic rings. The SMILES string of the molecule is CC(c1ccc(Cl)cc1)N(C)c1c(F)cccc1[C@H](C)O. The van der Waals surface area contributed by atoms with E-state index in [1.165, 1.54) is 6.07 Å². The van der Waals surface area contributed by atoms with Crippen molar-refractivity contribution in [1.82, 2.24) is 0 Å². The van der Waals surface area contributed by atoms with E-state index in [0.717, 1.165) is 5.56 Å². The van der Waals surface area contributed by atoms with E-state index in [1.807, 2.05) is 43.1 Å². The van der Waals surface area contributed by atoms with Gasteiger partial charge in [0, 0.05) is 17.6 Å². The van der Waals surface area contributed by atoms with Crippen molar-refractivity contribution >= 4 is 17.3 Å². The van der Waals surface area contributed by atoms with E-state index in [0.29, 0.717) is 16.3 Å². The van der Waals surface area contributed by atoms with E-state index in [-0.39, 0.29) is 11.9 Å². The first kappa shape index (κ1) is 15.8. The fourth-order valence-corrected chi connectivity index (χ4v) is 2.53. The van der Waals surface area contributed by atoms with Crippen molar-refractivity contribution in [3.05, 3.63) is 64.4 Å². The monoisotopic (exact) mass is 307 g/mol. The van der Waals surface area contributed by atoms with Crippen LogP contribution in [0.1, 0.15) is 37.1 Å². The fraction of sp³-hybridized carbons (Fsp3) is 0.294. The number of hydrogen-bond acceptors (Lipinski definition) is 2. The molecule has 0 fully saturated rings. The Morgan fingerprint density at radius 1 is 1.10 bits per heavy atom. The molecule has 0 heterocycles. The van der Waals surface area contributed by atoms with Gasteiger partial charge < -0.3 is 10.0 Å². The van der Waals surface area contributed by atoms with Crippen LogP contribution in [0.3, 0.4) is 0 Å². The smallest absolute Gasteiger partial charge is 0.146 e. The molecule has 0 bridgehead atoms. The number of benzene rings is 2. The molecule has 2 nitrogen and oxygen atoms in total. The molecule has 2 aromatic rings. The van der Waals surface area contributed by atoms with Crippen LogP contribution in [0.15, 0.2) is 42.5 Å². The zero-order chi connectivity index (χ0) is 15.6. The minimum absolute atomic E-state index is 0.0448. The van der Waals surface area contributed by atoms with Crippen LogP contribution in [-0.2, 0) is 0 Å². The average Bonchev–Trinajstić information content (AvgIpc) is 2.46. The number of aliphatic hydroxyl groups excluding tert-OH is 1. The van der Waals surface area contributed by atoms with Crippen molar-refractivity contribution in [3.63, 3.8) is 0 Å². The van der Waals surface area contributed by atoms with Crippen LogP contribution in [0.4, 0.5) is 10.1 Å². The first-order valence-corrected chi connectivity index (χ1v) is 7.24. The maximum absolute atomic E-state index is 14.2. The minimum atomic E-state index is -0.726. The quantitative estimate of drug-likeness (QED) is 0.882. The highest BCUT2D eigenvalue weighted by atomic mass is 35.5. The maximum atomic E-state index is 14.2. The van der Waals surface area contributed by atoms with Gasteiger partial charge in [-0.05, 0) is 37.6 Å². The number of aliphatic hydroxyl groups is 1. The summed E-state index contributed by atoms with van der Waals surface area (Å²) in [6, 6.07) is 12.2. The van der Waals surface area contributed by atoms with Gasteiger partial charge in [-0.3, -0.25) is 0 Å². The van der Waals surface area contributed by atoms with Crippen molar-refractivity contribution < 1.29 is 9.50 Å². The Hall–Kier alpha value is -1.58. The second-order valence-corrected chi connectivity index (χ2v) is 5.63. The van der Waals surface area contributed by atoms with Crippen LogP contribution in [0.5, 0.6) is 0 Å². The molecule has 1 N–H and O–H groups in total. The Bertz CT molecular complexity index is 613. The molecule has 112 valence electrons. The summed E-state index contributed by atoms with van der Waals surface area (Å²) in [7, 11) is 1.82. The van der Waals surface area contributed by atoms with Crippen molar-refractivity contribution in [2.24, 2.45) is 0 Å². The lowest BCUT2D eigenvalue weighted by molar-refractivity contribution is 0.199. The van der Waals surface area contributed by atoms with Crippen LogP contribution < -0.4 is 4.90 Å². The van der Waals surface area contributed by atoms with Crippen LogP contribution in [0.25, 0.3) is 0 Å². The summed E-state index contributed by atoms with van der Waals surface area (Å²) in [4.78, 5) is 1.83. The fourth-order valence-electron chi connectivity index (χ4n) is 2.40. The standard InChI is InChI=1S/C17H19ClFNO/c1-11(13-7-9-14(18)10-8-13)20(3)17-15(12(2)21)5-4-6-16(17)19/h4-12,21H,1-3H3/t11?,12-/m0/s1. The molecule has 21 heavy (non-hydrogen) atoms. The van der Waals surface area contributed by atoms with Crippen molar-refractivity contribution in [1.29, 1.82) is 0 Å². The highest BCUT2D eigenvalue weighted by Crippen LogP contribution is 2.33. The van der Waals surface area contributed by atoms with E-state index in [2.05, 4.69) is 0 Å². The average molecular weight is 308 g/mol. The molecule has 2 aromatic carbocycles. The highest BCUT2D eigenvalue weighted by molar-refractivity contribution is 6.30. The maximum Gasteiger partial charge on any atom is 0.146 e. The molecule has 4 heteroatoms. The van der Waals surface area contributed by atoms with E-state index in [9.17, 15) is 9.50 Å². The lowest BCUT2D eigenvalue weighted by Gasteiger charge is -2.30. The molecule has 0 saturated heterocycles. The summed E-state index contributed by atoms with van der Waals surface area (Å²) in [5, 5.41) is 10.5. The van der Waals surface area contributed by atoms with E-state index in [1.54, 1.807) is 19.1 Å². The van der Waals surface area contributed by atoms with E-state index >= 15 is 0 Å². The number of anilines is 1. The molecular formula is C17H19ClFNO. The summed E-state index contributed by atoms with van der Waals surface area (Å²) in [6.45, 7) is 3.63. The normalized spacial score (nSPS) is 13.8. The zero-order valence-electron chi connectivity index (χ0n) is 12.3. The number of nitrogens with zero attached hydrogens (tertiary/aromatic N) is 1. The Balaban J connectivity index is 2.39. The highest BCUT2D eigenvalue weighted by Gasteiger charge is 2.20. The third-order valence-electron chi connectivity index (χ3n) is 3.75. The van der Waals surface area contributed by atoms with Gasteiger partial charge in [0.15, 0.2) is 0 Å². The number of rotatable bonds is 4. The second-order valence-electron chi connectivity index (χ2n) is 5.19. The molecule has 2 rings (SSSR count). The Labute approximate surface area is 129 Å². The van der Waals surface area contributed by atoms with Crippen molar-refractivity contribution in [2.75, 3.05) is 11.9 Å². The van der Waals surface area contributed by atoms with Crippen molar-refractivity contribution in [3.8, 4) is 0 Å². The first-order valence-electron chi connectivity index (χ1n) is 6.86. The largest absolute Gasteiger partial charge is 0.389 e. The Kier molecular flexibility index (Phi) is 4.86. The van der Waals surface area contributed by atoms with Gasteiger partial charge in [-0.1, -0.05) is 35.9 Å². The molecule has 0 amide bonds. The van der Waals surface area contributed by atoms with Crippen molar-refractivity contribution in [2.45, 2.75) is 26.0 Å². The zero-order valence-corrected chi connectivity index (χ0v) is 13.1. The third-order valence-corrected chi connectivity index (χ3v) is 4.01. The summed E-state index contributed by atoms with van der Waals surface area (Å²) in [6.07, 6.45) is -0.726. The van der Waals surface area contributed by atoms with Crippen LogP contribution in [0, 0.1) is 5.82 Å². The molecular weight excluding hydrogens is 289 g/mol. The molecule has 2 atom stereocenters. The number of para-hydroxylation sites is 1. The molecule has 0 aromatic heterocycles. The van der Waals surface area contributed by atoms with Crippen LogP contribution >= 0.6 is 11.6 Å². The van der Waals surface area contributed by atoms with Gasteiger partial charge in [0.05, 0.1) is 17.8 Å².